The van der Waals surface area contributed by atoms with E-state index in [1.54, 1.807) is 12.1 Å². The summed E-state index contributed by atoms with van der Waals surface area (Å²) in [7, 11) is 0. The average Bonchev–Trinajstić information content (AvgIpc) is 2.55. The van der Waals surface area contributed by atoms with E-state index in [9.17, 15) is 13.6 Å². The van der Waals surface area contributed by atoms with Crippen LogP contribution in [0.2, 0.25) is 0 Å². The summed E-state index contributed by atoms with van der Waals surface area (Å²) in [6.45, 7) is 2.01. The Balaban J connectivity index is 1.72. The first-order valence-corrected chi connectivity index (χ1v) is 7.13. The molecule has 0 saturated carbocycles. The lowest BCUT2D eigenvalue weighted by Gasteiger charge is -2.15. The van der Waals surface area contributed by atoms with Gasteiger partial charge in [0.1, 0.15) is 18.2 Å². The summed E-state index contributed by atoms with van der Waals surface area (Å²) in [5.74, 6) is -0.707. The highest BCUT2D eigenvalue weighted by molar-refractivity contribution is 5.80. The second kappa shape index (κ2) is 8.12. The molecule has 1 atom stereocenters. The molecule has 0 aliphatic carbocycles. The molecule has 2 aromatic rings. The lowest BCUT2D eigenvalue weighted by molar-refractivity contribution is -0.127. The van der Waals surface area contributed by atoms with E-state index in [4.69, 9.17) is 9.47 Å². The zero-order valence-electron chi connectivity index (χ0n) is 12.6. The molecule has 1 N–H and O–H groups in total. The zero-order valence-corrected chi connectivity index (χ0v) is 12.6. The summed E-state index contributed by atoms with van der Waals surface area (Å²) in [5, 5.41) is 2.62. The minimum atomic E-state index is -0.835. The number of carbonyl (C=O) groups is 1. The molecule has 0 aromatic heterocycles. The Bertz CT molecular complexity index is 647. The second-order valence-corrected chi connectivity index (χ2v) is 4.78. The van der Waals surface area contributed by atoms with Gasteiger partial charge in [0.05, 0.1) is 6.54 Å². The average molecular weight is 321 g/mol. The van der Waals surface area contributed by atoms with E-state index in [0.717, 1.165) is 0 Å². The first-order valence-electron chi connectivity index (χ1n) is 7.13. The van der Waals surface area contributed by atoms with E-state index in [1.807, 2.05) is 0 Å². The number of carbonyl (C=O) groups excluding carboxylic acids is 1. The number of ether oxygens (including phenoxy) is 2. The molecule has 0 unspecified atom stereocenters. The van der Waals surface area contributed by atoms with Crippen molar-refractivity contribution in [3.05, 3.63) is 60.2 Å². The maximum Gasteiger partial charge on any atom is 0.260 e. The Hall–Kier alpha value is -2.63. The van der Waals surface area contributed by atoms with Crippen LogP contribution >= 0.6 is 0 Å². The summed E-state index contributed by atoms with van der Waals surface area (Å²) in [4.78, 5) is 11.9. The lowest BCUT2D eigenvalue weighted by atomic mass is 10.3. The Morgan fingerprint density at radius 3 is 2.52 bits per heavy atom. The highest BCUT2D eigenvalue weighted by atomic mass is 19.1. The third-order valence-corrected chi connectivity index (χ3v) is 2.99. The van der Waals surface area contributed by atoms with Crippen molar-refractivity contribution >= 4 is 5.91 Å². The van der Waals surface area contributed by atoms with Crippen LogP contribution in [0.1, 0.15) is 6.92 Å². The number of nitrogens with one attached hydrogen (secondary N) is 1. The van der Waals surface area contributed by atoms with Gasteiger partial charge in [0.2, 0.25) is 0 Å². The maximum atomic E-state index is 13.4. The van der Waals surface area contributed by atoms with Gasteiger partial charge in [-0.2, -0.15) is 0 Å². The molecule has 6 heteroatoms. The summed E-state index contributed by atoms with van der Waals surface area (Å²) in [6, 6.07) is 11.5. The summed E-state index contributed by atoms with van der Waals surface area (Å²) < 4.78 is 36.8. The standard InChI is InChI=1S/C17H17F2NO3/c1-12(23-16-5-3-2-4-15(16)19)17(21)20-10-11-22-14-8-6-13(18)7-9-14/h2-9,12H,10-11H2,1H3,(H,20,21)/t12-/m1/s1. The number of hydrogen-bond acceptors (Lipinski definition) is 3. The van der Waals surface area contributed by atoms with Gasteiger partial charge in [-0.25, -0.2) is 8.78 Å². The minimum absolute atomic E-state index is 0.0257. The molecule has 0 aliphatic heterocycles. The first-order chi connectivity index (χ1) is 11.1. The summed E-state index contributed by atoms with van der Waals surface area (Å²) in [5.41, 5.74) is 0. The molecule has 23 heavy (non-hydrogen) atoms. The SMILES string of the molecule is C[C@@H](Oc1ccccc1F)C(=O)NCCOc1ccc(F)cc1. The molecule has 0 spiro atoms. The second-order valence-electron chi connectivity index (χ2n) is 4.78. The van der Waals surface area contributed by atoms with Crippen molar-refractivity contribution in [3.63, 3.8) is 0 Å². The van der Waals surface area contributed by atoms with Crippen LogP contribution in [0.25, 0.3) is 0 Å². The molecule has 0 bridgehead atoms. The molecule has 0 radical (unpaired) electrons. The van der Waals surface area contributed by atoms with Crippen molar-refractivity contribution in [1.29, 1.82) is 0 Å². The minimum Gasteiger partial charge on any atom is -0.492 e. The molecule has 4 nitrogen and oxygen atoms in total. The van der Waals surface area contributed by atoms with Crippen LogP contribution in [0.5, 0.6) is 11.5 Å². The van der Waals surface area contributed by atoms with Crippen LogP contribution in [-0.4, -0.2) is 25.2 Å². The Labute approximate surface area is 133 Å². The van der Waals surface area contributed by atoms with E-state index in [1.165, 1.54) is 43.3 Å². The van der Waals surface area contributed by atoms with Crippen molar-refractivity contribution in [3.8, 4) is 11.5 Å². The van der Waals surface area contributed by atoms with Gasteiger partial charge in [0, 0.05) is 0 Å². The fourth-order valence-corrected chi connectivity index (χ4v) is 1.80. The highest BCUT2D eigenvalue weighted by Crippen LogP contribution is 2.17. The fraction of sp³-hybridized carbons (Fsp3) is 0.235. The Kier molecular flexibility index (Phi) is 5.91. The van der Waals surface area contributed by atoms with Gasteiger partial charge in [-0.1, -0.05) is 12.1 Å². The molecule has 1 amide bonds. The quantitative estimate of drug-likeness (QED) is 0.798. The molecule has 2 aromatic carbocycles. The van der Waals surface area contributed by atoms with Crippen molar-refractivity contribution in [2.75, 3.05) is 13.2 Å². The third-order valence-electron chi connectivity index (χ3n) is 2.99. The van der Waals surface area contributed by atoms with E-state index < -0.39 is 11.9 Å². The summed E-state index contributed by atoms with van der Waals surface area (Å²) in [6.07, 6.45) is -0.835. The first kappa shape index (κ1) is 16.7. The molecular weight excluding hydrogens is 304 g/mol. The zero-order chi connectivity index (χ0) is 16.7. The van der Waals surface area contributed by atoms with Crippen molar-refractivity contribution in [2.45, 2.75) is 13.0 Å². The van der Waals surface area contributed by atoms with Crippen molar-refractivity contribution in [1.82, 2.24) is 5.32 Å². The van der Waals surface area contributed by atoms with E-state index in [-0.39, 0.29) is 30.6 Å². The highest BCUT2D eigenvalue weighted by Gasteiger charge is 2.15. The van der Waals surface area contributed by atoms with E-state index >= 15 is 0 Å². The van der Waals surface area contributed by atoms with Crippen LogP contribution in [-0.2, 0) is 4.79 Å². The van der Waals surface area contributed by atoms with Crippen LogP contribution in [0.3, 0.4) is 0 Å². The molecule has 0 aliphatic rings. The van der Waals surface area contributed by atoms with Gasteiger partial charge in [0.15, 0.2) is 17.7 Å². The molecule has 122 valence electrons. The largest absolute Gasteiger partial charge is 0.492 e. The van der Waals surface area contributed by atoms with Crippen LogP contribution < -0.4 is 14.8 Å². The monoisotopic (exact) mass is 321 g/mol. The van der Waals surface area contributed by atoms with Crippen molar-refractivity contribution < 1.29 is 23.0 Å². The van der Waals surface area contributed by atoms with Gasteiger partial charge in [-0.05, 0) is 43.3 Å². The fourth-order valence-electron chi connectivity index (χ4n) is 1.80. The number of benzene rings is 2. The third kappa shape index (κ3) is 5.25. The topological polar surface area (TPSA) is 47.6 Å². The van der Waals surface area contributed by atoms with E-state index in [2.05, 4.69) is 5.32 Å². The van der Waals surface area contributed by atoms with Crippen LogP contribution in [0.15, 0.2) is 48.5 Å². The Morgan fingerprint density at radius 1 is 1.13 bits per heavy atom. The number of amides is 1. The number of halogens is 2. The van der Waals surface area contributed by atoms with Gasteiger partial charge in [0.25, 0.3) is 5.91 Å². The normalized spacial score (nSPS) is 11.6. The van der Waals surface area contributed by atoms with Gasteiger partial charge >= 0.3 is 0 Å². The van der Waals surface area contributed by atoms with Gasteiger partial charge in [-0.15, -0.1) is 0 Å². The molecule has 0 heterocycles. The number of hydrogen-bond donors (Lipinski definition) is 1. The van der Waals surface area contributed by atoms with E-state index in [0.29, 0.717) is 5.75 Å². The molecule has 0 saturated heterocycles. The number of para-hydroxylation sites is 1. The number of rotatable bonds is 7. The Morgan fingerprint density at radius 2 is 1.83 bits per heavy atom. The molecule has 2 rings (SSSR count). The van der Waals surface area contributed by atoms with Gasteiger partial charge in [-0.3, -0.25) is 4.79 Å². The smallest absolute Gasteiger partial charge is 0.260 e. The van der Waals surface area contributed by atoms with Crippen LogP contribution in [0.4, 0.5) is 8.78 Å². The predicted octanol–water partition coefficient (Wildman–Crippen LogP) is 2.93. The molecular formula is C17H17F2NO3. The molecule has 0 fully saturated rings. The van der Waals surface area contributed by atoms with Crippen LogP contribution in [0, 0.1) is 11.6 Å². The predicted molar refractivity (Wildman–Crippen MR) is 81.4 cm³/mol. The lowest BCUT2D eigenvalue weighted by Crippen LogP contribution is -2.38. The van der Waals surface area contributed by atoms with Crippen molar-refractivity contribution in [2.24, 2.45) is 0 Å². The van der Waals surface area contributed by atoms with Gasteiger partial charge < -0.3 is 14.8 Å². The maximum absolute atomic E-state index is 13.4. The summed E-state index contributed by atoms with van der Waals surface area (Å²) >= 11 is 0.